The van der Waals surface area contributed by atoms with Crippen molar-refractivity contribution in [3.63, 3.8) is 0 Å². The van der Waals surface area contributed by atoms with Gasteiger partial charge in [-0.15, -0.1) is 0 Å². The Labute approximate surface area is 175 Å². The number of hydrogen-bond donors (Lipinski definition) is 1. The summed E-state index contributed by atoms with van der Waals surface area (Å²) in [5.74, 6) is 0.0324. The first-order chi connectivity index (χ1) is 13.6. The Morgan fingerprint density at radius 3 is 2.28 bits per heavy atom. The molecule has 1 N–H and O–H groups in total. The van der Waals surface area contributed by atoms with Crippen LogP contribution in [-0.4, -0.2) is 19.9 Å². The number of hydrogen-bond acceptors (Lipinski definition) is 7. The van der Waals surface area contributed by atoms with E-state index in [1.54, 1.807) is 24.3 Å². The van der Waals surface area contributed by atoms with Gasteiger partial charge in [0.05, 0.1) is 21.1 Å². The van der Waals surface area contributed by atoms with Crippen LogP contribution in [0.15, 0.2) is 52.3 Å². The molecule has 0 atom stereocenters. The molecule has 0 aliphatic heterocycles. The van der Waals surface area contributed by atoms with E-state index in [4.69, 9.17) is 23.2 Å². The van der Waals surface area contributed by atoms with Crippen molar-refractivity contribution in [2.75, 3.05) is 5.32 Å². The lowest BCUT2D eigenvalue weighted by molar-refractivity contribution is -0.388. The van der Waals surface area contributed by atoms with Gasteiger partial charge in [0.25, 0.3) is 5.69 Å². The summed E-state index contributed by atoms with van der Waals surface area (Å²) in [5, 5.41) is 13.9. The van der Waals surface area contributed by atoms with Gasteiger partial charge in [0.1, 0.15) is 0 Å². The van der Waals surface area contributed by atoms with Crippen molar-refractivity contribution in [1.29, 1.82) is 0 Å². The Bertz CT molecular complexity index is 1060. The highest BCUT2D eigenvalue weighted by atomic mass is 35.5. The van der Waals surface area contributed by atoms with Gasteiger partial charge in [0.15, 0.2) is 0 Å². The summed E-state index contributed by atoms with van der Waals surface area (Å²) >= 11 is 12.4. The number of nitrogens with zero attached hydrogens (tertiary/aromatic N) is 4. The highest BCUT2D eigenvalue weighted by Crippen LogP contribution is 2.41. The first kappa shape index (κ1) is 21.1. The summed E-state index contributed by atoms with van der Waals surface area (Å²) < 4.78 is 38.6. The number of anilines is 2. The zero-order valence-corrected chi connectivity index (χ0v) is 16.3. The van der Waals surface area contributed by atoms with Crippen LogP contribution in [0.25, 0.3) is 0 Å². The van der Waals surface area contributed by atoms with E-state index < -0.39 is 22.4 Å². The van der Waals surface area contributed by atoms with Gasteiger partial charge in [0.2, 0.25) is 16.5 Å². The van der Waals surface area contributed by atoms with Gasteiger partial charge >= 0.3 is 6.18 Å². The fourth-order valence-electron chi connectivity index (χ4n) is 2.20. The smallest absolute Gasteiger partial charge is 0.323 e. The number of nitro benzene ring substituents is 1. The third kappa shape index (κ3) is 5.25. The van der Waals surface area contributed by atoms with E-state index in [2.05, 4.69) is 20.3 Å². The normalized spacial score (nSPS) is 11.3. The van der Waals surface area contributed by atoms with Crippen LogP contribution in [0.5, 0.6) is 0 Å². The van der Waals surface area contributed by atoms with E-state index in [0.29, 0.717) is 16.6 Å². The summed E-state index contributed by atoms with van der Waals surface area (Å²) in [6, 6.07) is 8.94. The molecule has 0 fully saturated rings. The van der Waals surface area contributed by atoms with Crippen molar-refractivity contribution in [1.82, 2.24) is 15.0 Å². The second-order valence-electron chi connectivity index (χ2n) is 5.36. The zero-order valence-electron chi connectivity index (χ0n) is 13.9. The fourth-order valence-corrected chi connectivity index (χ4v) is 3.55. The van der Waals surface area contributed by atoms with Gasteiger partial charge in [0, 0.05) is 11.0 Å². The Kier molecular flexibility index (Phi) is 6.10. The standard InChI is InChI=1S/C16H8Cl2F3N5O2S/c17-13-23-14(18)25-15(24-13)22-9-3-1-2-4-11(9)29-12-6-5-8(16(19,20)21)7-10(12)26(27)28/h1-7H,(H,22,23,24,25). The summed E-state index contributed by atoms with van der Waals surface area (Å²) in [5.41, 5.74) is -1.33. The molecule has 2 aromatic carbocycles. The van der Waals surface area contributed by atoms with Crippen molar-refractivity contribution in [3.05, 3.63) is 68.7 Å². The van der Waals surface area contributed by atoms with Crippen LogP contribution in [0.1, 0.15) is 5.56 Å². The van der Waals surface area contributed by atoms with Gasteiger partial charge in [-0.3, -0.25) is 10.1 Å². The van der Waals surface area contributed by atoms with Gasteiger partial charge in [-0.05, 0) is 47.5 Å². The lowest BCUT2D eigenvalue weighted by Crippen LogP contribution is -2.06. The second-order valence-corrected chi connectivity index (χ2v) is 7.12. The van der Waals surface area contributed by atoms with Gasteiger partial charge in [-0.1, -0.05) is 23.9 Å². The average Bonchev–Trinajstić information content (AvgIpc) is 2.61. The number of alkyl halides is 3. The van der Waals surface area contributed by atoms with Gasteiger partial charge in [-0.25, -0.2) is 0 Å². The summed E-state index contributed by atoms with van der Waals surface area (Å²) in [6.07, 6.45) is -4.69. The Balaban J connectivity index is 1.96. The molecule has 0 saturated carbocycles. The van der Waals surface area contributed by atoms with Crippen LogP contribution in [0.3, 0.4) is 0 Å². The topological polar surface area (TPSA) is 93.8 Å². The molecule has 3 rings (SSSR count). The molecule has 0 saturated heterocycles. The van der Waals surface area contributed by atoms with Gasteiger partial charge in [-0.2, -0.15) is 28.1 Å². The molecule has 29 heavy (non-hydrogen) atoms. The molecular weight excluding hydrogens is 454 g/mol. The summed E-state index contributed by atoms with van der Waals surface area (Å²) in [6.45, 7) is 0. The molecule has 150 valence electrons. The van der Waals surface area contributed by atoms with E-state index in [-0.39, 0.29) is 21.4 Å². The van der Waals surface area contributed by atoms with Crippen LogP contribution >= 0.6 is 35.0 Å². The van der Waals surface area contributed by atoms with Crippen molar-refractivity contribution in [2.45, 2.75) is 16.0 Å². The van der Waals surface area contributed by atoms with Crippen molar-refractivity contribution < 1.29 is 18.1 Å². The molecule has 13 heteroatoms. The van der Waals surface area contributed by atoms with E-state index >= 15 is 0 Å². The Hall–Kier alpha value is -2.63. The predicted octanol–water partition coefficient (Wildman–Crippen LogP) is 6.00. The molecule has 0 aliphatic rings. The average molecular weight is 462 g/mol. The highest BCUT2D eigenvalue weighted by Gasteiger charge is 2.33. The highest BCUT2D eigenvalue weighted by molar-refractivity contribution is 7.99. The molecule has 0 unspecified atom stereocenters. The largest absolute Gasteiger partial charge is 0.416 e. The van der Waals surface area contributed by atoms with Crippen LogP contribution in [0.2, 0.25) is 10.6 Å². The van der Waals surface area contributed by atoms with E-state index in [0.717, 1.165) is 23.9 Å². The quantitative estimate of drug-likeness (QED) is 0.367. The van der Waals surface area contributed by atoms with Crippen LogP contribution in [0.4, 0.5) is 30.5 Å². The molecule has 7 nitrogen and oxygen atoms in total. The maximum Gasteiger partial charge on any atom is 0.416 e. The molecule has 3 aromatic rings. The first-order valence-electron chi connectivity index (χ1n) is 7.60. The first-order valence-corrected chi connectivity index (χ1v) is 9.17. The van der Waals surface area contributed by atoms with Crippen molar-refractivity contribution >= 4 is 52.3 Å². The van der Waals surface area contributed by atoms with Gasteiger partial charge < -0.3 is 5.32 Å². The number of rotatable bonds is 5. The number of nitro groups is 1. The lowest BCUT2D eigenvalue weighted by Gasteiger charge is -2.12. The Morgan fingerprint density at radius 2 is 1.66 bits per heavy atom. The fraction of sp³-hybridized carbons (Fsp3) is 0.0625. The minimum atomic E-state index is -4.69. The molecule has 0 aliphatic carbocycles. The zero-order chi connectivity index (χ0) is 21.2. The number of nitrogens with one attached hydrogen (secondary N) is 1. The molecule has 0 radical (unpaired) electrons. The number of para-hydroxylation sites is 1. The predicted molar refractivity (Wildman–Crippen MR) is 102 cm³/mol. The Morgan fingerprint density at radius 1 is 1.00 bits per heavy atom. The van der Waals surface area contributed by atoms with Crippen LogP contribution in [-0.2, 0) is 6.18 Å². The molecular formula is C16H8Cl2F3N5O2S. The maximum absolute atomic E-state index is 12.9. The SMILES string of the molecule is O=[N+]([O-])c1cc(C(F)(F)F)ccc1Sc1ccccc1Nc1nc(Cl)nc(Cl)n1. The molecule has 0 amide bonds. The third-order valence-corrected chi connectivity index (χ3v) is 4.90. The third-order valence-electron chi connectivity index (χ3n) is 3.42. The van der Waals surface area contributed by atoms with E-state index in [1.165, 1.54) is 0 Å². The summed E-state index contributed by atoms with van der Waals surface area (Å²) in [4.78, 5) is 22.3. The van der Waals surface area contributed by atoms with Crippen LogP contribution in [0, 0.1) is 10.1 Å². The minimum Gasteiger partial charge on any atom is -0.323 e. The maximum atomic E-state index is 12.9. The van der Waals surface area contributed by atoms with E-state index in [1.807, 2.05) is 0 Å². The number of aromatic nitrogens is 3. The van der Waals surface area contributed by atoms with Crippen molar-refractivity contribution in [2.24, 2.45) is 0 Å². The van der Waals surface area contributed by atoms with E-state index in [9.17, 15) is 23.3 Å². The molecule has 0 spiro atoms. The number of halogens is 5. The summed E-state index contributed by atoms with van der Waals surface area (Å²) in [7, 11) is 0. The minimum absolute atomic E-state index is 0.0314. The molecule has 0 bridgehead atoms. The van der Waals surface area contributed by atoms with Crippen LogP contribution < -0.4 is 5.32 Å². The van der Waals surface area contributed by atoms with Crippen molar-refractivity contribution in [3.8, 4) is 0 Å². The lowest BCUT2D eigenvalue weighted by atomic mass is 10.2. The monoisotopic (exact) mass is 461 g/mol. The number of benzene rings is 2. The molecule has 1 heterocycles. The molecule has 1 aromatic heterocycles. The second kappa shape index (κ2) is 8.39.